The second kappa shape index (κ2) is 5.66. The second-order valence-corrected chi connectivity index (χ2v) is 7.55. The summed E-state index contributed by atoms with van der Waals surface area (Å²) in [7, 11) is 0. The largest absolute Gasteiger partial charge is 0.373 e. The number of nitrogens with zero attached hydrogens (tertiary/aromatic N) is 1. The molecular weight excluding hydrogens is 318 g/mol. The molecule has 2 bridgehead atoms. The minimum Gasteiger partial charge on any atom is -0.373 e. The first-order valence-corrected chi connectivity index (χ1v) is 9.15. The molecule has 3 fully saturated rings. The van der Waals surface area contributed by atoms with Gasteiger partial charge in [-0.1, -0.05) is 36.4 Å². The molecule has 5 rings (SSSR count). The van der Waals surface area contributed by atoms with Crippen molar-refractivity contribution in [3.8, 4) is 0 Å². The Kier molecular flexibility index (Phi) is 3.52. The number of carbonyl (C=O) groups is 1. The highest BCUT2D eigenvalue weighted by atomic mass is 16.7. The highest BCUT2D eigenvalue weighted by Crippen LogP contribution is 2.52. The van der Waals surface area contributed by atoms with E-state index in [0.29, 0.717) is 26.4 Å². The first kappa shape index (κ1) is 15.6. The smallest absolute Gasteiger partial charge is 0.247 e. The summed E-state index contributed by atoms with van der Waals surface area (Å²) in [6.45, 7) is 2.28. The van der Waals surface area contributed by atoms with Gasteiger partial charge in [0.2, 0.25) is 5.91 Å². The van der Waals surface area contributed by atoms with Crippen molar-refractivity contribution in [3.05, 3.63) is 48.0 Å². The molecule has 132 valence electrons. The van der Waals surface area contributed by atoms with Gasteiger partial charge >= 0.3 is 0 Å². The number of hydrogen-bond acceptors (Lipinski definition) is 4. The molecule has 3 heterocycles. The van der Waals surface area contributed by atoms with Gasteiger partial charge in [0, 0.05) is 12.0 Å². The topological polar surface area (TPSA) is 48.0 Å². The van der Waals surface area contributed by atoms with Gasteiger partial charge < -0.3 is 19.1 Å². The van der Waals surface area contributed by atoms with Gasteiger partial charge in [-0.15, -0.1) is 0 Å². The van der Waals surface area contributed by atoms with E-state index in [1.807, 2.05) is 23.1 Å². The van der Waals surface area contributed by atoms with E-state index >= 15 is 0 Å². The molecule has 4 aliphatic rings. The predicted octanol–water partition coefficient (Wildman–Crippen LogP) is 2.27. The average Bonchev–Trinajstić information content (AvgIpc) is 3.23. The molecule has 1 aromatic carbocycles. The quantitative estimate of drug-likeness (QED) is 0.846. The van der Waals surface area contributed by atoms with Gasteiger partial charge in [0.05, 0.1) is 38.0 Å². The lowest BCUT2D eigenvalue weighted by molar-refractivity contribution is -0.272. The molecule has 0 aromatic heterocycles. The Morgan fingerprint density at radius 1 is 1.20 bits per heavy atom. The molecule has 3 aliphatic heterocycles. The average molecular weight is 341 g/mol. The van der Waals surface area contributed by atoms with Crippen molar-refractivity contribution in [2.45, 2.75) is 43.3 Å². The molecule has 25 heavy (non-hydrogen) atoms. The number of hydrogen-bond donors (Lipinski definition) is 0. The maximum atomic E-state index is 12.3. The summed E-state index contributed by atoms with van der Waals surface area (Å²) in [5, 5.41) is 0. The highest BCUT2D eigenvalue weighted by Gasteiger charge is 2.62. The van der Waals surface area contributed by atoms with Gasteiger partial charge in [0.15, 0.2) is 5.79 Å². The fraction of sp³-hybridized carbons (Fsp3) is 0.550. The van der Waals surface area contributed by atoms with Crippen LogP contribution in [0.15, 0.2) is 42.5 Å². The molecule has 0 N–H and O–H groups in total. The summed E-state index contributed by atoms with van der Waals surface area (Å²) in [5.41, 5.74) is 1.02. The van der Waals surface area contributed by atoms with Crippen LogP contribution < -0.4 is 0 Å². The minimum absolute atomic E-state index is 0.0839. The fourth-order valence-electron chi connectivity index (χ4n) is 4.99. The Bertz CT molecular complexity index is 697. The molecule has 0 unspecified atom stereocenters. The van der Waals surface area contributed by atoms with Crippen LogP contribution >= 0.6 is 0 Å². The van der Waals surface area contributed by atoms with Gasteiger partial charge in [-0.25, -0.2) is 0 Å². The highest BCUT2D eigenvalue weighted by molar-refractivity contribution is 5.91. The van der Waals surface area contributed by atoms with E-state index in [9.17, 15) is 4.79 Å². The molecule has 1 amide bonds. The van der Waals surface area contributed by atoms with Gasteiger partial charge in [0.1, 0.15) is 0 Å². The number of ether oxygens (including phenoxy) is 3. The lowest BCUT2D eigenvalue weighted by Gasteiger charge is -2.57. The second-order valence-electron chi connectivity index (χ2n) is 7.55. The molecule has 1 saturated carbocycles. The van der Waals surface area contributed by atoms with Crippen molar-refractivity contribution in [3.63, 3.8) is 0 Å². The van der Waals surface area contributed by atoms with Crippen molar-refractivity contribution in [1.29, 1.82) is 0 Å². The lowest BCUT2D eigenvalue weighted by atomic mass is 9.67. The Morgan fingerprint density at radius 2 is 2.00 bits per heavy atom. The third-order valence-corrected chi connectivity index (χ3v) is 6.25. The summed E-state index contributed by atoms with van der Waals surface area (Å²) in [6, 6.07) is 10.3. The normalized spacial score (nSPS) is 35.4. The summed E-state index contributed by atoms with van der Waals surface area (Å²) < 4.78 is 18.5. The van der Waals surface area contributed by atoms with E-state index < -0.39 is 5.79 Å². The summed E-state index contributed by atoms with van der Waals surface area (Å²) in [5.74, 6) is -0.465. The molecule has 5 heteroatoms. The monoisotopic (exact) mass is 341 g/mol. The van der Waals surface area contributed by atoms with Crippen LogP contribution in [0.25, 0.3) is 0 Å². The van der Waals surface area contributed by atoms with E-state index in [2.05, 4.69) is 18.2 Å². The third-order valence-electron chi connectivity index (χ3n) is 6.25. The van der Waals surface area contributed by atoms with Crippen molar-refractivity contribution in [1.82, 2.24) is 4.90 Å². The first-order valence-electron chi connectivity index (χ1n) is 9.15. The summed E-state index contributed by atoms with van der Waals surface area (Å²) >= 11 is 0. The number of amides is 1. The molecule has 0 radical (unpaired) electrons. The number of fused-ring (bicyclic) bond motifs is 2. The van der Waals surface area contributed by atoms with Crippen molar-refractivity contribution in [2.75, 3.05) is 19.8 Å². The van der Waals surface area contributed by atoms with E-state index in [-0.39, 0.29) is 23.5 Å². The van der Waals surface area contributed by atoms with Crippen molar-refractivity contribution < 1.29 is 19.0 Å². The zero-order valence-corrected chi connectivity index (χ0v) is 14.2. The predicted molar refractivity (Wildman–Crippen MR) is 90.6 cm³/mol. The van der Waals surface area contributed by atoms with Crippen LogP contribution in [0, 0.1) is 5.92 Å². The zero-order chi connectivity index (χ0) is 16.9. The van der Waals surface area contributed by atoms with Crippen LogP contribution in [0.4, 0.5) is 0 Å². The molecular formula is C20H23NO4. The summed E-state index contributed by atoms with van der Waals surface area (Å²) in [6.07, 6.45) is 6.62. The Morgan fingerprint density at radius 3 is 2.80 bits per heavy atom. The molecule has 3 atom stereocenters. The van der Waals surface area contributed by atoms with Crippen LogP contribution in [0.1, 0.15) is 24.8 Å². The Labute approximate surface area is 147 Å². The van der Waals surface area contributed by atoms with Gasteiger partial charge in [0.25, 0.3) is 0 Å². The molecule has 1 aliphatic carbocycles. The van der Waals surface area contributed by atoms with Crippen LogP contribution in [-0.4, -0.2) is 48.0 Å². The Hall–Kier alpha value is -1.69. The number of benzene rings is 1. The van der Waals surface area contributed by atoms with Crippen molar-refractivity contribution >= 4 is 5.91 Å². The maximum absolute atomic E-state index is 12.3. The maximum Gasteiger partial charge on any atom is 0.247 e. The van der Waals surface area contributed by atoms with Gasteiger partial charge in [-0.3, -0.25) is 4.79 Å². The van der Waals surface area contributed by atoms with E-state index in [1.54, 1.807) is 6.08 Å². The Balaban J connectivity index is 1.40. The molecule has 1 aromatic rings. The standard InChI is InChI=1S/C20H23NO4/c22-18-7-9-19-8-6-17(23-13-15-4-2-1-3-5-15)16(12-19)20(14-21(18)19)24-10-11-25-20/h1-5,7,9,16-17H,6,8,10-14H2/t16-,17+,19+/m0/s1. The number of rotatable bonds is 3. The fourth-order valence-corrected chi connectivity index (χ4v) is 4.99. The van der Waals surface area contributed by atoms with Crippen LogP contribution in [0.2, 0.25) is 0 Å². The number of piperidine rings is 1. The van der Waals surface area contributed by atoms with Crippen LogP contribution in [-0.2, 0) is 25.6 Å². The third kappa shape index (κ3) is 2.37. The van der Waals surface area contributed by atoms with E-state index in [0.717, 1.165) is 19.3 Å². The van der Waals surface area contributed by atoms with E-state index in [4.69, 9.17) is 14.2 Å². The van der Waals surface area contributed by atoms with Crippen molar-refractivity contribution in [2.24, 2.45) is 5.92 Å². The SMILES string of the molecule is O=C1C=C[C@]23CC[C@@H](OCc4ccccc4)[C@H](C2)C2(CN13)OCCO2. The van der Waals surface area contributed by atoms with Gasteiger partial charge in [-0.05, 0) is 24.8 Å². The van der Waals surface area contributed by atoms with Gasteiger partial charge in [-0.2, -0.15) is 0 Å². The van der Waals surface area contributed by atoms with E-state index in [1.165, 1.54) is 5.56 Å². The number of carbonyl (C=O) groups excluding carboxylic acids is 1. The van der Waals surface area contributed by atoms with Crippen LogP contribution in [0.3, 0.4) is 0 Å². The molecule has 2 saturated heterocycles. The molecule has 2 spiro atoms. The molecule has 5 nitrogen and oxygen atoms in total. The summed E-state index contributed by atoms with van der Waals surface area (Å²) in [4.78, 5) is 14.3. The minimum atomic E-state index is -0.701. The lowest BCUT2D eigenvalue weighted by Crippen LogP contribution is -2.68. The van der Waals surface area contributed by atoms with Crippen LogP contribution in [0.5, 0.6) is 0 Å². The first-order chi connectivity index (χ1) is 12.2. The zero-order valence-electron chi connectivity index (χ0n) is 14.2.